The maximum Gasteiger partial charge on any atom is 0.0926 e. The second-order valence-corrected chi connectivity index (χ2v) is 6.25. The van der Waals surface area contributed by atoms with Crippen molar-refractivity contribution in [3.63, 3.8) is 0 Å². The minimum atomic E-state index is -0.663. The fourth-order valence-electron chi connectivity index (χ4n) is 3.43. The van der Waals surface area contributed by atoms with Crippen LogP contribution in [0.25, 0.3) is 10.8 Å². The summed E-state index contributed by atoms with van der Waals surface area (Å²) in [7, 11) is 0. The van der Waals surface area contributed by atoms with Crippen LogP contribution in [0.5, 0.6) is 0 Å². The Morgan fingerprint density at radius 2 is 1.73 bits per heavy atom. The molecule has 120 valence electrons. The molecular weight excluding hydrogens is 294 g/mol. The molecule has 2 aromatic rings. The monoisotopic (exact) mass is 319 g/mol. The number of rotatable bonds is 4. The Bertz CT molecular complexity index is 600. The molecule has 1 saturated heterocycles. The topological polar surface area (TPSA) is 23.5 Å². The molecule has 1 N–H and O–H groups in total. The summed E-state index contributed by atoms with van der Waals surface area (Å²) in [5.74, 6) is 0. The van der Waals surface area contributed by atoms with Crippen molar-refractivity contribution in [2.24, 2.45) is 0 Å². The minimum Gasteiger partial charge on any atom is -0.385 e. The fourth-order valence-corrected chi connectivity index (χ4v) is 3.43. The maximum atomic E-state index is 11.2. The Labute approximate surface area is 139 Å². The molecule has 1 heterocycles. The highest BCUT2D eigenvalue weighted by Gasteiger charge is 2.34. The number of unbranched alkanes of at least 4 members (excludes halogenated alkanes) is 1. The molecule has 0 aliphatic carbocycles. The van der Waals surface area contributed by atoms with Gasteiger partial charge in [0.1, 0.15) is 0 Å². The second-order valence-electron chi connectivity index (χ2n) is 6.25. The molecule has 0 aromatic heterocycles. The number of nitrogens with zero attached hydrogens (tertiary/aromatic N) is 1. The van der Waals surface area contributed by atoms with Crippen molar-refractivity contribution in [1.29, 1.82) is 0 Å². The van der Waals surface area contributed by atoms with Crippen molar-refractivity contribution >= 4 is 23.2 Å². The quantitative estimate of drug-likeness (QED) is 0.906. The van der Waals surface area contributed by atoms with Crippen molar-refractivity contribution in [3.8, 4) is 0 Å². The molecule has 0 spiro atoms. The van der Waals surface area contributed by atoms with Gasteiger partial charge in [-0.3, -0.25) is 0 Å². The third kappa shape index (κ3) is 3.45. The van der Waals surface area contributed by atoms with Crippen molar-refractivity contribution in [2.45, 2.75) is 38.2 Å². The van der Waals surface area contributed by atoms with Crippen LogP contribution >= 0.6 is 12.4 Å². The number of fused-ring (bicyclic) bond motifs is 1. The van der Waals surface area contributed by atoms with Crippen molar-refractivity contribution < 1.29 is 5.11 Å². The maximum absolute atomic E-state index is 11.2. The molecule has 2 aromatic carbocycles. The largest absolute Gasteiger partial charge is 0.385 e. The lowest BCUT2D eigenvalue weighted by molar-refractivity contribution is -0.0248. The van der Waals surface area contributed by atoms with E-state index in [0.29, 0.717) is 0 Å². The molecule has 0 amide bonds. The molecule has 1 aliphatic heterocycles. The van der Waals surface area contributed by atoms with Crippen molar-refractivity contribution in [1.82, 2.24) is 4.90 Å². The van der Waals surface area contributed by atoms with Gasteiger partial charge in [0, 0.05) is 13.1 Å². The SMILES string of the molecule is CCCCN1CCC(O)(c2cccc3ccccc23)CC1.Cl. The number of halogens is 1. The molecular formula is C19H26ClNO. The summed E-state index contributed by atoms with van der Waals surface area (Å²) in [4.78, 5) is 2.49. The Morgan fingerprint density at radius 3 is 2.45 bits per heavy atom. The van der Waals surface area contributed by atoms with Gasteiger partial charge in [-0.2, -0.15) is 0 Å². The van der Waals surface area contributed by atoms with E-state index in [2.05, 4.69) is 54.3 Å². The zero-order valence-electron chi connectivity index (χ0n) is 13.3. The molecule has 1 aliphatic rings. The van der Waals surface area contributed by atoms with Crippen LogP contribution in [0.2, 0.25) is 0 Å². The van der Waals surface area contributed by atoms with Gasteiger partial charge >= 0.3 is 0 Å². The van der Waals surface area contributed by atoms with Crippen LogP contribution in [-0.2, 0) is 5.60 Å². The Kier molecular flexibility index (Phi) is 5.85. The summed E-state index contributed by atoms with van der Waals surface area (Å²) in [6.07, 6.45) is 4.17. The van der Waals surface area contributed by atoms with Gasteiger partial charge < -0.3 is 10.0 Å². The normalized spacial score (nSPS) is 18.1. The number of hydrogen-bond donors (Lipinski definition) is 1. The van der Waals surface area contributed by atoms with Gasteiger partial charge in [0.05, 0.1) is 5.60 Å². The van der Waals surface area contributed by atoms with Crippen LogP contribution in [0.3, 0.4) is 0 Å². The number of likely N-dealkylation sites (tertiary alicyclic amines) is 1. The molecule has 0 unspecified atom stereocenters. The van der Waals surface area contributed by atoms with Gasteiger partial charge in [-0.05, 0) is 42.1 Å². The molecule has 22 heavy (non-hydrogen) atoms. The van der Waals surface area contributed by atoms with Gasteiger partial charge in [0.2, 0.25) is 0 Å². The molecule has 3 heteroatoms. The van der Waals surface area contributed by atoms with Crippen LogP contribution in [0.15, 0.2) is 42.5 Å². The van der Waals surface area contributed by atoms with Gasteiger partial charge in [-0.15, -0.1) is 12.4 Å². The average Bonchev–Trinajstić information content (AvgIpc) is 2.54. The van der Waals surface area contributed by atoms with Crippen LogP contribution in [-0.4, -0.2) is 29.6 Å². The van der Waals surface area contributed by atoms with Crippen LogP contribution in [0.1, 0.15) is 38.2 Å². The predicted octanol–water partition coefficient (Wildman–Crippen LogP) is 4.35. The lowest BCUT2D eigenvalue weighted by atomic mass is 9.82. The van der Waals surface area contributed by atoms with Crippen LogP contribution in [0.4, 0.5) is 0 Å². The van der Waals surface area contributed by atoms with E-state index in [1.807, 2.05) is 0 Å². The van der Waals surface area contributed by atoms with Gasteiger partial charge in [-0.1, -0.05) is 55.8 Å². The Balaban J connectivity index is 0.00000176. The van der Waals surface area contributed by atoms with E-state index in [-0.39, 0.29) is 12.4 Å². The van der Waals surface area contributed by atoms with E-state index in [0.717, 1.165) is 31.5 Å². The highest BCUT2D eigenvalue weighted by molar-refractivity contribution is 5.86. The van der Waals surface area contributed by atoms with E-state index in [1.54, 1.807) is 0 Å². The molecule has 3 rings (SSSR count). The first-order chi connectivity index (χ1) is 10.2. The third-order valence-corrected chi connectivity index (χ3v) is 4.80. The Morgan fingerprint density at radius 1 is 1.05 bits per heavy atom. The van der Waals surface area contributed by atoms with E-state index in [1.165, 1.54) is 30.2 Å². The summed E-state index contributed by atoms with van der Waals surface area (Å²) in [6.45, 7) is 5.40. The van der Waals surface area contributed by atoms with Crippen molar-refractivity contribution in [3.05, 3.63) is 48.0 Å². The highest BCUT2D eigenvalue weighted by Crippen LogP contribution is 2.36. The lowest BCUT2D eigenvalue weighted by Gasteiger charge is -2.39. The second kappa shape index (κ2) is 7.45. The number of piperidine rings is 1. The summed E-state index contributed by atoms with van der Waals surface area (Å²) in [5, 5.41) is 13.6. The Hall–Kier alpha value is -1.09. The first kappa shape index (κ1) is 17.3. The smallest absolute Gasteiger partial charge is 0.0926 e. The van der Waals surface area contributed by atoms with Crippen LogP contribution in [0, 0.1) is 0 Å². The average molecular weight is 320 g/mol. The molecule has 0 saturated carbocycles. The number of aliphatic hydroxyl groups is 1. The summed E-state index contributed by atoms with van der Waals surface area (Å²) in [5.41, 5.74) is 0.444. The zero-order valence-corrected chi connectivity index (χ0v) is 14.1. The summed E-state index contributed by atoms with van der Waals surface area (Å²) >= 11 is 0. The summed E-state index contributed by atoms with van der Waals surface area (Å²) < 4.78 is 0. The van der Waals surface area contributed by atoms with E-state index in [9.17, 15) is 5.11 Å². The van der Waals surface area contributed by atoms with E-state index < -0.39 is 5.60 Å². The minimum absolute atomic E-state index is 0. The summed E-state index contributed by atoms with van der Waals surface area (Å²) in [6, 6.07) is 14.7. The van der Waals surface area contributed by atoms with Crippen LogP contribution < -0.4 is 0 Å². The molecule has 0 atom stereocenters. The van der Waals surface area contributed by atoms with E-state index in [4.69, 9.17) is 0 Å². The predicted molar refractivity (Wildman–Crippen MR) is 95.7 cm³/mol. The molecule has 0 bridgehead atoms. The molecule has 2 nitrogen and oxygen atoms in total. The van der Waals surface area contributed by atoms with Gasteiger partial charge in [0.15, 0.2) is 0 Å². The third-order valence-electron chi connectivity index (χ3n) is 4.80. The molecule has 0 radical (unpaired) electrons. The fraction of sp³-hybridized carbons (Fsp3) is 0.474. The van der Waals surface area contributed by atoms with Gasteiger partial charge in [0.25, 0.3) is 0 Å². The first-order valence-electron chi connectivity index (χ1n) is 8.16. The zero-order chi connectivity index (χ0) is 14.7. The van der Waals surface area contributed by atoms with E-state index >= 15 is 0 Å². The lowest BCUT2D eigenvalue weighted by Crippen LogP contribution is -2.42. The first-order valence-corrected chi connectivity index (χ1v) is 8.16. The number of benzene rings is 2. The highest BCUT2D eigenvalue weighted by atomic mass is 35.5. The van der Waals surface area contributed by atoms with Gasteiger partial charge in [-0.25, -0.2) is 0 Å². The van der Waals surface area contributed by atoms with Crippen molar-refractivity contribution in [2.75, 3.05) is 19.6 Å². The standard InChI is InChI=1S/C19H25NO.ClH/c1-2-3-13-20-14-11-19(21,12-15-20)18-10-6-8-16-7-4-5-9-17(16)18;/h4-10,21H,2-3,11-15H2,1H3;1H. The number of hydrogen-bond acceptors (Lipinski definition) is 2. The molecule has 1 fully saturated rings.